The Morgan fingerprint density at radius 1 is 1.24 bits per heavy atom. The van der Waals surface area contributed by atoms with Gasteiger partial charge in [-0.2, -0.15) is 0 Å². The summed E-state index contributed by atoms with van der Waals surface area (Å²) in [5.41, 5.74) is 0.268. The third-order valence-corrected chi connectivity index (χ3v) is 5.52. The molecule has 0 saturated heterocycles. The van der Waals surface area contributed by atoms with Gasteiger partial charge in [0.2, 0.25) is 15.9 Å². The number of nitrogens with zero attached hydrogens (tertiary/aromatic N) is 1. The van der Waals surface area contributed by atoms with Gasteiger partial charge in [0, 0.05) is 6.54 Å². The first-order valence-corrected chi connectivity index (χ1v) is 10.6. The van der Waals surface area contributed by atoms with Crippen molar-refractivity contribution in [1.82, 2.24) is 5.32 Å². The number of anilines is 1. The molecule has 0 aromatic heterocycles. The highest BCUT2D eigenvalue weighted by atomic mass is 32.2. The Morgan fingerprint density at radius 2 is 1.84 bits per heavy atom. The van der Waals surface area contributed by atoms with Gasteiger partial charge in [0.05, 0.1) is 11.9 Å². The van der Waals surface area contributed by atoms with Crippen molar-refractivity contribution in [1.29, 1.82) is 0 Å². The number of rotatable bonds is 10. The first-order valence-electron chi connectivity index (χ1n) is 8.73. The van der Waals surface area contributed by atoms with Crippen LogP contribution in [0.3, 0.4) is 0 Å². The second kappa shape index (κ2) is 9.75. The fourth-order valence-corrected chi connectivity index (χ4v) is 3.91. The van der Waals surface area contributed by atoms with Gasteiger partial charge in [-0.15, -0.1) is 0 Å². The van der Waals surface area contributed by atoms with Crippen molar-refractivity contribution in [2.45, 2.75) is 52.5 Å². The molecule has 1 aromatic carbocycles. The number of halogens is 1. The van der Waals surface area contributed by atoms with Crippen LogP contribution in [0, 0.1) is 11.7 Å². The minimum Gasteiger partial charge on any atom is -0.354 e. The summed E-state index contributed by atoms with van der Waals surface area (Å²) in [5, 5.41) is 2.86. The number of carbonyl (C=O) groups excluding carboxylic acids is 1. The number of amides is 1. The molecule has 0 heterocycles. The van der Waals surface area contributed by atoms with Gasteiger partial charge < -0.3 is 5.32 Å². The number of hydrogen-bond donors (Lipinski definition) is 1. The predicted octanol–water partition coefficient (Wildman–Crippen LogP) is 3.31. The molecule has 0 aliphatic rings. The average molecular weight is 373 g/mol. The molecule has 1 aromatic rings. The molecule has 7 heteroatoms. The molecule has 2 atom stereocenters. The first-order chi connectivity index (χ1) is 11.7. The SMILES string of the molecule is CCCC[C@@H](CC)CNC(=O)[C@H](C)N(c1ccc(F)cc1)S(C)(=O)=O. The Labute approximate surface area is 150 Å². The molecule has 0 saturated carbocycles. The average Bonchev–Trinajstić information content (AvgIpc) is 2.55. The number of hydrogen-bond acceptors (Lipinski definition) is 3. The van der Waals surface area contributed by atoms with Crippen molar-refractivity contribution in [2.24, 2.45) is 5.92 Å². The number of benzene rings is 1. The molecule has 0 unspecified atom stereocenters. The van der Waals surface area contributed by atoms with Gasteiger partial charge in [-0.1, -0.05) is 33.1 Å². The highest BCUT2D eigenvalue weighted by Gasteiger charge is 2.29. The quantitative estimate of drug-likeness (QED) is 0.685. The molecule has 1 rings (SSSR count). The lowest BCUT2D eigenvalue weighted by atomic mass is 9.99. The monoisotopic (exact) mass is 372 g/mol. The minimum atomic E-state index is -3.68. The van der Waals surface area contributed by atoms with Crippen LogP contribution in [-0.2, 0) is 14.8 Å². The van der Waals surface area contributed by atoms with Crippen LogP contribution in [0.2, 0.25) is 0 Å². The van der Waals surface area contributed by atoms with E-state index >= 15 is 0 Å². The molecule has 0 fully saturated rings. The van der Waals surface area contributed by atoms with Crippen molar-refractivity contribution >= 4 is 21.6 Å². The van der Waals surface area contributed by atoms with Gasteiger partial charge >= 0.3 is 0 Å². The summed E-state index contributed by atoms with van der Waals surface area (Å²) >= 11 is 0. The molecule has 1 amide bonds. The molecule has 25 heavy (non-hydrogen) atoms. The first kappa shape index (κ1) is 21.4. The van der Waals surface area contributed by atoms with Crippen LogP contribution in [0.1, 0.15) is 46.5 Å². The van der Waals surface area contributed by atoms with E-state index in [1.54, 1.807) is 0 Å². The van der Waals surface area contributed by atoms with E-state index in [1.165, 1.54) is 31.2 Å². The summed E-state index contributed by atoms with van der Waals surface area (Å²) in [7, 11) is -3.68. The molecule has 0 bridgehead atoms. The van der Waals surface area contributed by atoms with E-state index in [1.807, 2.05) is 0 Å². The Balaban J connectivity index is 2.85. The summed E-state index contributed by atoms with van der Waals surface area (Å²) in [6.07, 6.45) is 5.25. The highest BCUT2D eigenvalue weighted by Crippen LogP contribution is 2.21. The number of nitrogens with one attached hydrogen (secondary N) is 1. The lowest BCUT2D eigenvalue weighted by Gasteiger charge is -2.28. The van der Waals surface area contributed by atoms with Gasteiger partial charge in [-0.3, -0.25) is 9.10 Å². The molecule has 0 spiro atoms. The predicted molar refractivity (Wildman–Crippen MR) is 99.5 cm³/mol. The number of sulfonamides is 1. The van der Waals surface area contributed by atoms with Gasteiger partial charge in [-0.05, 0) is 43.5 Å². The molecule has 0 aliphatic heterocycles. The highest BCUT2D eigenvalue weighted by molar-refractivity contribution is 7.92. The van der Waals surface area contributed by atoms with E-state index in [9.17, 15) is 17.6 Å². The zero-order valence-corrected chi connectivity index (χ0v) is 16.3. The third-order valence-electron chi connectivity index (χ3n) is 4.28. The Morgan fingerprint density at radius 3 is 2.32 bits per heavy atom. The van der Waals surface area contributed by atoms with E-state index in [0.29, 0.717) is 12.5 Å². The maximum atomic E-state index is 13.1. The fraction of sp³-hybridized carbons (Fsp3) is 0.611. The van der Waals surface area contributed by atoms with Crippen molar-refractivity contribution in [3.05, 3.63) is 30.1 Å². The van der Waals surface area contributed by atoms with Crippen molar-refractivity contribution in [3.8, 4) is 0 Å². The summed E-state index contributed by atoms with van der Waals surface area (Å²) < 4.78 is 38.4. The number of carbonyl (C=O) groups is 1. The van der Waals surface area contributed by atoms with Crippen molar-refractivity contribution in [2.75, 3.05) is 17.1 Å². The van der Waals surface area contributed by atoms with Crippen LogP contribution in [0.4, 0.5) is 10.1 Å². The van der Waals surface area contributed by atoms with E-state index in [-0.39, 0.29) is 11.6 Å². The van der Waals surface area contributed by atoms with Crippen LogP contribution in [0.15, 0.2) is 24.3 Å². The van der Waals surface area contributed by atoms with Crippen LogP contribution in [-0.4, -0.2) is 33.2 Å². The molecular weight excluding hydrogens is 343 g/mol. The van der Waals surface area contributed by atoms with Crippen LogP contribution in [0.25, 0.3) is 0 Å². The second-order valence-electron chi connectivity index (χ2n) is 6.37. The van der Waals surface area contributed by atoms with Crippen LogP contribution < -0.4 is 9.62 Å². The van der Waals surface area contributed by atoms with E-state index in [2.05, 4.69) is 19.2 Å². The Bertz CT molecular complexity index is 647. The fourth-order valence-electron chi connectivity index (χ4n) is 2.73. The second-order valence-corrected chi connectivity index (χ2v) is 8.23. The smallest absolute Gasteiger partial charge is 0.243 e. The van der Waals surface area contributed by atoms with Crippen molar-refractivity contribution in [3.63, 3.8) is 0 Å². The van der Waals surface area contributed by atoms with Crippen molar-refractivity contribution < 1.29 is 17.6 Å². The lowest BCUT2D eigenvalue weighted by Crippen LogP contribution is -2.48. The van der Waals surface area contributed by atoms with Gasteiger partial charge in [0.15, 0.2) is 0 Å². The van der Waals surface area contributed by atoms with E-state index < -0.39 is 21.9 Å². The van der Waals surface area contributed by atoms with Gasteiger partial charge in [-0.25, -0.2) is 12.8 Å². The van der Waals surface area contributed by atoms with E-state index in [4.69, 9.17) is 0 Å². The summed E-state index contributed by atoms with van der Waals surface area (Å²) in [6.45, 7) is 6.27. The maximum Gasteiger partial charge on any atom is 0.243 e. The lowest BCUT2D eigenvalue weighted by molar-refractivity contribution is -0.122. The standard InChI is InChI=1S/C18H29FN2O3S/c1-5-7-8-15(6-2)13-20-18(22)14(3)21(25(4,23)24)17-11-9-16(19)10-12-17/h9-12,14-15H,5-8,13H2,1-4H3,(H,20,22)/t14-,15+/m0/s1. The largest absolute Gasteiger partial charge is 0.354 e. The molecule has 5 nitrogen and oxygen atoms in total. The topological polar surface area (TPSA) is 66.5 Å². The Hall–Kier alpha value is -1.63. The van der Waals surface area contributed by atoms with E-state index in [0.717, 1.165) is 36.2 Å². The summed E-state index contributed by atoms with van der Waals surface area (Å²) in [4.78, 5) is 12.5. The minimum absolute atomic E-state index is 0.268. The molecule has 0 radical (unpaired) electrons. The zero-order valence-electron chi connectivity index (χ0n) is 15.5. The molecule has 0 aliphatic carbocycles. The molecular formula is C18H29FN2O3S. The molecule has 142 valence electrons. The van der Waals surface area contributed by atoms with Crippen LogP contribution >= 0.6 is 0 Å². The van der Waals surface area contributed by atoms with Gasteiger partial charge in [0.1, 0.15) is 11.9 Å². The molecule has 1 N–H and O–H groups in total. The maximum absolute atomic E-state index is 13.1. The number of unbranched alkanes of at least 4 members (excludes halogenated alkanes) is 1. The zero-order chi connectivity index (χ0) is 19.0. The summed E-state index contributed by atoms with van der Waals surface area (Å²) in [5.74, 6) is -0.436. The Kier molecular flexibility index (Phi) is 8.35. The van der Waals surface area contributed by atoms with Crippen LogP contribution in [0.5, 0.6) is 0 Å². The van der Waals surface area contributed by atoms with Gasteiger partial charge in [0.25, 0.3) is 0 Å². The normalized spacial score (nSPS) is 14.0. The third kappa shape index (κ3) is 6.65. The summed E-state index contributed by atoms with van der Waals surface area (Å²) in [6, 6.07) is 4.16.